The van der Waals surface area contributed by atoms with Crippen molar-refractivity contribution in [3.63, 3.8) is 0 Å². The summed E-state index contributed by atoms with van der Waals surface area (Å²) in [5.74, 6) is -1.12. The van der Waals surface area contributed by atoms with Crippen LogP contribution in [-0.4, -0.2) is 16.2 Å². The molecule has 5 heteroatoms. The number of carboxylic acids is 1. The van der Waals surface area contributed by atoms with Gasteiger partial charge in [-0.3, -0.25) is 0 Å². The number of aliphatic hydroxyl groups is 1. The molecule has 4 N–H and O–H groups in total. The number of benzene rings is 1. The summed E-state index contributed by atoms with van der Waals surface area (Å²) in [6.07, 6.45) is -0.824. The van der Waals surface area contributed by atoms with Gasteiger partial charge >= 0.3 is 35.5 Å². The molecule has 0 bridgehead atoms. The summed E-state index contributed by atoms with van der Waals surface area (Å²) < 4.78 is 0. The minimum Gasteiger partial charge on any atom is -1.00 e. The van der Waals surface area contributed by atoms with E-state index in [2.05, 4.69) is 0 Å². The summed E-state index contributed by atoms with van der Waals surface area (Å²) in [6, 6.07) is 4.66. The van der Waals surface area contributed by atoms with E-state index < -0.39 is 12.1 Å². The second-order valence-electron chi connectivity index (χ2n) is 2.79. The molecular formula is C9H12NNaO3. The normalized spacial score (nSPS) is 11.6. The number of nitrogens with two attached hydrogens (primary N) is 1. The Balaban J connectivity index is 0. The van der Waals surface area contributed by atoms with Crippen molar-refractivity contribution in [2.45, 2.75) is 13.0 Å². The van der Waals surface area contributed by atoms with Crippen LogP contribution in [0.3, 0.4) is 0 Å². The number of aromatic carboxylic acids is 1. The molecule has 0 aliphatic rings. The fourth-order valence-electron chi connectivity index (χ4n) is 1.18. The molecule has 1 rings (SSSR count). The Morgan fingerprint density at radius 2 is 2.14 bits per heavy atom. The molecule has 0 spiro atoms. The molecule has 0 aromatic heterocycles. The SMILES string of the molecule is CC(O)c1cccc(N)c1C(=O)O.[H-].[Na+]. The maximum atomic E-state index is 10.8. The van der Waals surface area contributed by atoms with E-state index in [0.29, 0.717) is 5.56 Å². The van der Waals surface area contributed by atoms with E-state index in [9.17, 15) is 9.90 Å². The average molecular weight is 205 g/mol. The molecule has 0 aliphatic carbocycles. The molecule has 4 nitrogen and oxygen atoms in total. The summed E-state index contributed by atoms with van der Waals surface area (Å²) in [4.78, 5) is 10.8. The van der Waals surface area contributed by atoms with Crippen LogP contribution in [0.1, 0.15) is 30.4 Å². The van der Waals surface area contributed by atoms with Gasteiger partial charge in [-0.25, -0.2) is 4.79 Å². The standard InChI is InChI=1S/C9H11NO3.Na.H/c1-5(11)6-3-2-4-7(10)8(6)9(12)13;;/h2-5,11H,10H2,1H3,(H,12,13);;/q;+1;-1. The first-order chi connectivity index (χ1) is 6.04. The van der Waals surface area contributed by atoms with Gasteiger partial charge in [0.25, 0.3) is 0 Å². The number of carboxylic acid groups (broad SMARTS) is 1. The third-order valence-corrected chi connectivity index (χ3v) is 1.79. The topological polar surface area (TPSA) is 83.5 Å². The first kappa shape index (κ1) is 13.4. The molecule has 1 atom stereocenters. The summed E-state index contributed by atoms with van der Waals surface area (Å²) in [7, 11) is 0. The van der Waals surface area contributed by atoms with Crippen molar-refractivity contribution < 1.29 is 46.0 Å². The Bertz CT molecular complexity index is 344. The molecule has 0 fully saturated rings. The van der Waals surface area contributed by atoms with E-state index in [1.54, 1.807) is 12.1 Å². The quantitative estimate of drug-likeness (QED) is 0.390. The summed E-state index contributed by atoms with van der Waals surface area (Å²) in [6.45, 7) is 1.50. The smallest absolute Gasteiger partial charge is 1.00 e. The van der Waals surface area contributed by atoms with Crippen LogP contribution in [0.15, 0.2) is 18.2 Å². The van der Waals surface area contributed by atoms with E-state index in [1.165, 1.54) is 13.0 Å². The number of hydrogen-bond donors (Lipinski definition) is 3. The van der Waals surface area contributed by atoms with Gasteiger partial charge in [0.2, 0.25) is 0 Å². The Labute approximate surface area is 106 Å². The third kappa shape index (κ3) is 2.72. The number of anilines is 1. The Kier molecular flexibility index (Phi) is 5.15. The predicted molar refractivity (Wildman–Crippen MR) is 49.6 cm³/mol. The van der Waals surface area contributed by atoms with Crippen LogP contribution in [0.25, 0.3) is 0 Å². The van der Waals surface area contributed by atoms with Crippen LogP contribution in [0.4, 0.5) is 5.69 Å². The fourth-order valence-corrected chi connectivity index (χ4v) is 1.18. The van der Waals surface area contributed by atoms with E-state index in [0.717, 1.165) is 0 Å². The molecule has 14 heavy (non-hydrogen) atoms. The molecule has 0 amide bonds. The van der Waals surface area contributed by atoms with Crippen LogP contribution in [0.2, 0.25) is 0 Å². The Hall–Kier alpha value is -0.550. The molecule has 0 aliphatic heterocycles. The van der Waals surface area contributed by atoms with Gasteiger partial charge in [0.15, 0.2) is 0 Å². The molecule has 1 aromatic rings. The summed E-state index contributed by atoms with van der Waals surface area (Å²) in [5.41, 5.74) is 5.96. The van der Waals surface area contributed by atoms with Gasteiger partial charge in [0, 0.05) is 5.69 Å². The first-order valence-corrected chi connectivity index (χ1v) is 3.83. The summed E-state index contributed by atoms with van der Waals surface area (Å²) >= 11 is 0. The van der Waals surface area contributed by atoms with Crippen LogP contribution in [0.5, 0.6) is 0 Å². The van der Waals surface area contributed by atoms with Crippen LogP contribution >= 0.6 is 0 Å². The molecule has 0 saturated heterocycles. The van der Waals surface area contributed by atoms with Gasteiger partial charge in [-0.15, -0.1) is 0 Å². The molecule has 0 heterocycles. The molecule has 1 aromatic carbocycles. The van der Waals surface area contributed by atoms with Gasteiger partial charge < -0.3 is 17.4 Å². The summed E-state index contributed by atoms with van der Waals surface area (Å²) in [5, 5.41) is 18.1. The van der Waals surface area contributed by atoms with Crippen molar-refractivity contribution in [1.82, 2.24) is 0 Å². The first-order valence-electron chi connectivity index (χ1n) is 3.83. The van der Waals surface area contributed by atoms with E-state index in [-0.39, 0.29) is 42.2 Å². The fraction of sp³-hybridized carbons (Fsp3) is 0.222. The molecule has 0 saturated carbocycles. The molecule has 0 radical (unpaired) electrons. The predicted octanol–water partition coefficient (Wildman–Crippen LogP) is -1.86. The number of nitrogen functional groups attached to an aromatic ring is 1. The number of aliphatic hydroxyl groups excluding tert-OH is 1. The Morgan fingerprint density at radius 3 is 2.50 bits per heavy atom. The zero-order valence-corrected chi connectivity index (χ0v) is 10.2. The maximum Gasteiger partial charge on any atom is 1.00 e. The van der Waals surface area contributed by atoms with E-state index in [4.69, 9.17) is 10.8 Å². The van der Waals surface area contributed by atoms with Crippen molar-refractivity contribution in [2.75, 3.05) is 5.73 Å². The zero-order chi connectivity index (χ0) is 10.0. The van der Waals surface area contributed by atoms with Gasteiger partial charge in [0.1, 0.15) is 0 Å². The number of hydrogen-bond acceptors (Lipinski definition) is 3. The molecule has 72 valence electrons. The van der Waals surface area contributed by atoms with Crippen molar-refractivity contribution in [3.05, 3.63) is 29.3 Å². The second kappa shape index (κ2) is 5.36. The van der Waals surface area contributed by atoms with Crippen molar-refractivity contribution >= 4 is 11.7 Å². The molecule has 1 unspecified atom stereocenters. The second-order valence-corrected chi connectivity index (χ2v) is 2.79. The van der Waals surface area contributed by atoms with Crippen LogP contribution in [-0.2, 0) is 0 Å². The van der Waals surface area contributed by atoms with Gasteiger partial charge in [-0.1, -0.05) is 12.1 Å². The number of carbonyl (C=O) groups is 1. The van der Waals surface area contributed by atoms with Gasteiger partial charge in [-0.05, 0) is 18.6 Å². The zero-order valence-electron chi connectivity index (χ0n) is 9.19. The average Bonchev–Trinajstić information content (AvgIpc) is 2.02. The van der Waals surface area contributed by atoms with Crippen molar-refractivity contribution in [2.24, 2.45) is 0 Å². The van der Waals surface area contributed by atoms with E-state index in [1.807, 2.05) is 0 Å². The molecular weight excluding hydrogens is 193 g/mol. The van der Waals surface area contributed by atoms with Crippen molar-refractivity contribution in [3.8, 4) is 0 Å². The van der Waals surface area contributed by atoms with Crippen LogP contribution < -0.4 is 35.3 Å². The third-order valence-electron chi connectivity index (χ3n) is 1.79. The van der Waals surface area contributed by atoms with Crippen LogP contribution in [0, 0.1) is 0 Å². The Morgan fingerprint density at radius 1 is 1.57 bits per heavy atom. The minimum atomic E-state index is -1.12. The van der Waals surface area contributed by atoms with E-state index >= 15 is 0 Å². The maximum absolute atomic E-state index is 10.8. The van der Waals surface area contributed by atoms with Crippen molar-refractivity contribution in [1.29, 1.82) is 0 Å². The number of rotatable bonds is 2. The minimum absolute atomic E-state index is 0. The largest absolute Gasteiger partial charge is 1.00 e. The van der Waals surface area contributed by atoms with Gasteiger partial charge in [0.05, 0.1) is 11.7 Å². The monoisotopic (exact) mass is 205 g/mol. The van der Waals surface area contributed by atoms with Gasteiger partial charge in [-0.2, -0.15) is 0 Å².